The summed E-state index contributed by atoms with van der Waals surface area (Å²) in [6.45, 7) is 4.19. The van der Waals surface area contributed by atoms with E-state index in [2.05, 4.69) is 19.6 Å². The SMILES string of the molecule is Cc1cc(N=S(C)(=O)C2CCOCC2)cc2ncnc(Nc3ccc(F)cc3O[C@@H]3CO[C@@H]4CCO[C@@H]43)c12. The van der Waals surface area contributed by atoms with E-state index in [0.717, 1.165) is 30.2 Å². The van der Waals surface area contributed by atoms with Crippen molar-refractivity contribution in [2.45, 2.75) is 49.7 Å². The Hall–Kier alpha value is -2.86. The van der Waals surface area contributed by atoms with Crippen LogP contribution in [0, 0.1) is 12.7 Å². The molecule has 0 radical (unpaired) electrons. The quantitative estimate of drug-likeness (QED) is 0.480. The number of benzene rings is 2. The van der Waals surface area contributed by atoms with E-state index in [9.17, 15) is 8.60 Å². The van der Waals surface area contributed by atoms with Crippen LogP contribution in [0.25, 0.3) is 10.9 Å². The number of ether oxygens (including phenoxy) is 4. The monoisotopic (exact) mass is 542 g/mol. The number of nitrogens with zero attached hydrogens (tertiary/aromatic N) is 3. The van der Waals surface area contributed by atoms with Gasteiger partial charge < -0.3 is 24.3 Å². The van der Waals surface area contributed by atoms with Crippen LogP contribution >= 0.6 is 0 Å². The third-order valence-corrected chi connectivity index (χ3v) is 9.67. The molecule has 0 spiro atoms. The van der Waals surface area contributed by atoms with E-state index >= 15 is 0 Å². The lowest BCUT2D eigenvalue weighted by molar-refractivity contribution is 0.0310. The van der Waals surface area contributed by atoms with Gasteiger partial charge in [0.05, 0.1) is 39.3 Å². The molecule has 1 unspecified atom stereocenters. The third-order valence-electron chi connectivity index (χ3n) is 7.39. The maximum atomic E-state index is 14.2. The highest BCUT2D eigenvalue weighted by Gasteiger charge is 2.43. The Kier molecular flexibility index (Phi) is 6.93. The molecule has 3 aliphatic rings. The molecule has 0 bridgehead atoms. The lowest BCUT2D eigenvalue weighted by Gasteiger charge is -2.23. The van der Waals surface area contributed by atoms with E-state index in [1.54, 1.807) is 12.3 Å². The smallest absolute Gasteiger partial charge is 0.151 e. The predicted molar refractivity (Wildman–Crippen MR) is 142 cm³/mol. The van der Waals surface area contributed by atoms with Crippen molar-refractivity contribution >= 4 is 37.8 Å². The van der Waals surface area contributed by atoms with Crippen molar-refractivity contribution in [3.05, 3.63) is 48.0 Å². The molecular weight excluding hydrogens is 511 g/mol. The molecule has 6 rings (SSSR count). The van der Waals surface area contributed by atoms with Gasteiger partial charge in [0.15, 0.2) is 6.10 Å². The van der Waals surface area contributed by atoms with Crippen LogP contribution in [0.4, 0.5) is 21.6 Å². The maximum Gasteiger partial charge on any atom is 0.151 e. The van der Waals surface area contributed by atoms with Crippen LogP contribution < -0.4 is 10.1 Å². The van der Waals surface area contributed by atoms with Gasteiger partial charge in [0.1, 0.15) is 29.8 Å². The van der Waals surface area contributed by atoms with E-state index in [1.165, 1.54) is 18.5 Å². The Labute approximate surface area is 221 Å². The Morgan fingerprint density at radius 3 is 2.79 bits per heavy atom. The number of aryl methyl sites for hydroxylation is 1. The first-order valence-corrected chi connectivity index (χ1v) is 14.9. The Morgan fingerprint density at radius 1 is 1.11 bits per heavy atom. The topological polar surface area (TPSA) is 104 Å². The molecule has 1 N–H and O–H groups in total. The Bertz CT molecular complexity index is 1470. The minimum Gasteiger partial charge on any atom is -0.483 e. The first-order valence-electron chi connectivity index (χ1n) is 12.9. The molecule has 0 saturated carbocycles. The minimum absolute atomic E-state index is 0.00181. The number of rotatable bonds is 6. The van der Waals surface area contributed by atoms with Crippen LogP contribution in [-0.4, -0.2) is 70.4 Å². The molecule has 1 aromatic heterocycles. The van der Waals surface area contributed by atoms with Crippen LogP contribution in [0.1, 0.15) is 24.8 Å². The lowest BCUT2D eigenvalue weighted by atomic mass is 10.1. The molecule has 3 aliphatic heterocycles. The molecule has 11 heteroatoms. The Morgan fingerprint density at radius 2 is 1.95 bits per heavy atom. The summed E-state index contributed by atoms with van der Waals surface area (Å²) in [5.41, 5.74) is 2.73. The molecule has 202 valence electrons. The average molecular weight is 543 g/mol. The normalized spacial score (nSPS) is 25.2. The van der Waals surface area contributed by atoms with Crippen molar-refractivity contribution in [3.8, 4) is 5.75 Å². The van der Waals surface area contributed by atoms with Crippen molar-refractivity contribution < 1.29 is 27.5 Å². The maximum absolute atomic E-state index is 14.2. The highest BCUT2D eigenvalue weighted by Crippen LogP contribution is 2.36. The van der Waals surface area contributed by atoms with Gasteiger partial charge in [-0.1, -0.05) is 0 Å². The predicted octanol–water partition coefficient (Wildman–Crippen LogP) is 4.66. The molecule has 3 aromatic rings. The largest absolute Gasteiger partial charge is 0.483 e. The third kappa shape index (κ3) is 5.07. The van der Waals surface area contributed by atoms with E-state index in [1.807, 2.05) is 19.1 Å². The number of halogens is 1. The molecular formula is C27H31FN4O5S. The fourth-order valence-corrected chi connectivity index (χ4v) is 7.18. The van der Waals surface area contributed by atoms with E-state index < -0.39 is 15.5 Å². The van der Waals surface area contributed by atoms with Crippen LogP contribution in [-0.2, 0) is 23.9 Å². The van der Waals surface area contributed by atoms with E-state index in [0.29, 0.717) is 54.9 Å². The van der Waals surface area contributed by atoms with Crippen molar-refractivity contribution in [2.75, 3.05) is 38.0 Å². The molecule has 0 aliphatic carbocycles. The van der Waals surface area contributed by atoms with E-state index in [-0.39, 0.29) is 23.6 Å². The summed E-state index contributed by atoms with van der Waals surface area (Å²) >= 11 is 0. The number of hydrogen-bond donors (Lipinski definition) is 1. The van der Waals surface area contributed by atoms with Crippen LogP contribution in [0.15, 0.2) is 41.0 Å². The first kappa shape index (κ1) is 25.4. The molecule has 38 heavy (non-hydrogen) atoms. The van der Waals surface area contributed by atoms with Gasteiger partial charge in [-0.05, 0) is 56.0 Å². The van der Waals surface area contributed by atoms with Gasteiger partial charge in [0.25, 0.3) is 0 Å². The zero-order chi connectivity index (χ0) is 26.3. The van der Waals surface area contributed by atoms with Gasteiger partial charge in [-0.3, -0.25) is 0 Å². The average Bonchev–Trinajstić information content (AvgIpc) is 3.51. The number of fused-ring (bicyclic) bond motifs is 2. The highest BCUT2D eigenvalue weighted by molar-refractivity contribution is 7.93. The van der Waals surface area contributed by atoms with Crippen molar-refractivity contribution in [2.24, 2.45) is 4.36 Å². The number of nitrogens with one attached hydrogen (secondary N) is 1. The summed E-state index contributed by atoms with van der Waals surface area (Å²) < 4.78 is 55.5. The summed E-state index contributed by atoms with van der Waals surface area (Å²) in [4.78, 5) is 8.92. The van der Waals surface area contributed by atoms with Gasteiger partial charge in [0, 0.05) is 42.8 Å². The second-order valence-corrected chi connectivity index (χ2v) is 12.6. The fraction of sp³-hybridized carbons (Fsp3) is 0.481. The van der Waals surface area contributed by atoms with Crippen molar-refractivity contribution in [1.29, 1.82) is 0 Å². The zero-order valence-electron chi connectivity index (χ0n) is 21.4. The summed E-state index contributed by atoms with van der Waals surface area (Å²) in [5.74, 6) is 0.499. The van der Waals surface area contributed by atoms with Crippen LogP contribution in [0.5, 0.6) is 5.75 Å². The molecule has 2 aromatic carbocycles. The molecule has 3 saturated heterocycles. The van der Waals surface area contributed by atoms with Gasteiger partial charge in [-0.15, -0.1) is 0 Å². The van der Waals surface area contributed by atoms with Crippen molar-refractivity contribution in [1.82, 2.24) is 9.97 Å². The van der Waals surface area contributed by atoms with Gasteiger partial charge in [-0.2, -0.15) is 4.36 Å². The fourth-order valence-electron chi connectivity index (χ4n) is 5.44. The minimum atomic E-state index is -2.44. The van der Waals surface area contributed by atoms with Gasteiger partial charge >= 0.3 is 0 Å². The molecule has 0 amide bonds. The second kappa shape index (κ2) is 10.4. The first-order chi connectivity index (χ1) is 18.4. The molecule has 4 heterocycles. The number of aromatic nitrogens is 2. The summed E-state index contributed by atoms with van der Waals surface area (Å²) in [7, 11) is -2.44. The summed E-state index contributed by atoms with van der Waals surface area (Å²) in [5, 5.41) is 4.10. The van der Waals surface area contributed by atoms with E-state index in [4.69, 9.17) is 18.9 Å². The second-order valence-electron chi connectivity index (χ2n) is 10.1. The number of anilines is 2. The zero-order valence-corrected chi connectivity index (χ0v) is 22.2. The summed E-state index contributed by atoms with van der Waals surface area (Å²) in [6, 6.07) is 8.07. The van der Waals surface area contributed by atoms with Crippen LogP contribution in [0.3, 0.4) is 0 Å². The summed E-state index contributed by atoms with van der Waals surface area (Å²) in [6.07, 6.45) is 5.03. The van der Waals surface area contributed by atoms with Gasteiger partial charge in [0.2, 0.25) is 0 Å². The number of hydrogen-bond acceptors (Lipinski definition) is 9. The molecule has 3 fully saturated rings. The van der Waals surface area contributed by atoms with Crippen LogP contribution in [0.2, 0.25) is 0 Å². The molecule has 4 atom stereocenters. The Balaban J connectivity index is 1.31. The molecule has 9 nitrogen and oxygen atoms in total. The highest BCUT2D eigenvalue weighted by atomic mass is 32.2. The standard InChI is InChI=1S/C27H31FN4O5S/c1-16-11-18(32-38(2,33)19-5-8-34-9-6-19)13-21-25(16)27(30-15-29-21)31-20-4-3-17(28)12-23(20)37-24-14-36-22-7-10-35-26(22)24/h3-4,11-13,15,19,22,24,26H,5-10,14H2,1-2H3,(H,29,30,31)/t22-,24-,26+,38?/m1/s1. The van der Waals surface area contributed by atoms with Gasteiger partial charge in [-0.25, -0.2) is 18.6 Å². The van der Waals surface area contributed by atoms with Crippen molar-refractivity contribution in [3.63, 3.8) is 0 Å². The lowest BCUT2D eigenvalue weighted by Crippen LogP contribution is -2.32.